The zero-order valence-electron chi connectivity index (χ0n) is 11.2. The van der Waals surface area contributed by atoms with Crippen LogP contribution in [0.5, 0.6) is 0 Å². The highest BCUT2D eigenvalue weighted by atomic mass is 127. The minimum Gasteiger partial charge on any atom is -0.370 e. The molecule has 2 saturated carbocycles. The van der Waals surface area contributed by atoms with Crippen molar-refractivity contribution in [1.29, 1.82) is 0 Å². The van der Waals surface area contributed by atoms with Gasteiger partial charge in [0.25, 0.3) is 0 Å². The number of nitrogens with two attached hydrogens (primary N) is 1. The van der Waals surface area contributed by atoms with Gasteiger partial charge < -0.3 is 10.6 Å². The molecule has 4 heteroatoms. The molecule has 0 unspecified atom stereocenters. The van der Waals surface area contributed by atoms with E-state index >= 15 is 0 Å². The number of likely N-dealkylation sites (tertiary alicyclic amines) is 1. The van der Waals surface area contributed by atoms with Gasteiger partial charge in [-0.2, -0.15) is 0 Å². The predicted molar refractivity (Wildman–Crippen MR) is 86.3 cm³/mol. The molecule has 2 aliphatic carbocycles. The molecule has 3 rings (SSSR count). The average molecular weight is 363 g/mol. The standard InChI is InChI=1S/C14H25N3.HI/c15-14(17-8-3-1-2-4-9-17)16-13-10-12(13)11-6-5-7-11;/h11-13H,1-10H2,(H2,15,16);1H/t12-,13+;/m0./s1. The zero-order valence-corrected chi connectivity index (χ0v) is 13.5. The molecule has 0 aromatic carbocycles. The van der Waals surface area contributed by atoms with E-state index < -0.39 is 0 Å². The molecule has 0 radical (unpaired) electrons. The molecule has 3 nitrogen and oxygen atoms in total. The van der Waals surface area contributed by atoms with Crippen molar-refractivity contribution < 1.29 is 0 Å². The molecule has 2 atom stereocenters. The van der Waals surface area contributed by atoms with Crippen LogP contribution in [0.1, 0.15) is 51.4 Å². The molecule has 0 amide bonds. The maximum absolute atomic E-state index is 6.16. The molecule has 0 spiro atoms. The quantitative estimate of drug-likeness (QED) is 0.466. The highest BCUT2D eigenvalue weighted by Crippen LogP contribution is 2.48. The number of guanidine groups is 1. The average Bonchev–Trinajstić information content (AvgIpc) is 2.99. The smallest absolute Gasteiger partial charge is 0.191 e. The first-order chi connectivity index (χ1) is 8.34. The molecule has 3 fully saturated rings. The van der Waals surface area contributed by atoms with E-state index in [4.69, 9.17) is 10.7 Å². The summed E-state index contributed by atoms with van der Waals surface area (Å²) in [4.78, 5) is 7.07. The van der Waals surface area contributed by atoms with Gasteiger partial charge in [0.2, 0.25) is 0 Å². The van der Waals surface area contributed by atoms with Crippen molar-refractivity contribution in [2.45, 2.75) is 57.4 Å². The summed E-state index contributed by atoms with van der Waals surface area (Å²) in [6.45, 7) is 2.24. The van der Waals surface area contributed by atoms with Gasteiger partial charge in [-0.15, -0.1) is 24.0 Å². The van der Waals surface area contributed by atoms with Crippen LogP contribution in [0.25, 0.3) is 0 Å². The summed E-state index contributed by atoms with van der Waals surface area (Å²) >= 11 is 0. The van der Waals surface area contributed by atoms with Crippen molar-refractivity contribution >= 4 is 29.9 Å². The van der Waals surface area contributed by atoms with Crippen molar-refractivity contribution in [3.63, 3.8) is 0 Å². The van der Waals surface area contributed by atoms with Gasteiger partial charge in [0.05, 0.1) is 6.04 Å². The Morgan fingerprint density at radius 1 is 1.00 bits per heavy atom. The fourth-order valence-corrected chi connectivity index (χ4v) is 3.27. The molecular formula is C14H26IN3. The second-order valence-electron chi connectivity index (χ2n) is 6.05. The topological polar surface area (TPSA) is 41.6 Å². The Morgan fingerprint density at radius 2 is 1.67 bits per heavy atom. The van der Waals surface area contributed by atoms with Crippen LogP contribution in [0.2, 0.25) is 0 Å². The minimum absolute atomic E-state index is 0. The molecule has 104 valence electrons. The van der Waals surface area contributed by atoms with E-state index in [1.54, 1.807) is 0 Å². The molecule has 2 N–H and O–H groups in total. The lowest BCUT2D eigenvalue weighted by atomic mass is 9.81. The van der Waals surface area contributed by atoms with Gasteiger partial charge in [-0.25, -0.2) is 4.99 Å². The van der Waals surface area contributed by atoms with Crippen molar-refractivity contribution in [3.05, 3.63) is 0 Å². The van der Waals surface area contributed by atoms with E-state index in [0.29, 0.717) is 6.04 Å². The summed E-state index contributed by atoms with van der Waals surface area (Å²) < 4.78 is 0. The summed E-state index contributed by atoms with van der Waals surface area (Å²) in [5, 5.41) is 0. The summed E-state index contributed by atoms with van der Waals surface area (Å²) in [7, 11) is 0. The Kier molecular flexibility index (Phi) is 5.15. The Bertz CT molecular complexity index is 293. The van der Waals surface area contributed by atoms with Gasteiger partial charge in [-0.1, -0.05) is 32.1 Å². The largest absolute Gasteiger partial charge is 0.370 e. The molecular weight excluding hydrogens is 337 g/mol. The fourth-order valence-electron chi connectivity index (χ4n) is 3.27. The normalized spacial score (nSPS) is 33.3. The first-order valence-electron chi connectivity index (χ1n) is 7.43. The first kappa shape index (κ1) is 14.4. The molecule has 18 heavy (non-hydrogen) atoms. The Hall–Kier alpha value is 0. The number of nitrogens with zero attached hydrogens (tertiary/aromatic N) is 2. The second-order valence-corrected chi connectivity index (χ2v) is 6.05. The van der Waals surface area contributed by atoms with Crippen molar-refractivity contribution in [2.75, 3.05) is 13.1 Å². The summed E-state index contributed by atoms with van der Waals surface area (Å²) in [6.07, 6.45) is 10.9. The SMILES string of the molecule is I.NC(=N[C@@H]1C[C@H]1C1CCC1)N1CCCCCC1. The highest BCUT2D eigenvalue weighted by Gasteiger charge is 2.45. The number of rotatable bonds is 2. The van der Waals surface area contributed by atoms with Crippen molar-refractivity contribution in [3.8, 4) is 0 Å². The summed E-state index contributed by atoms with van der Waals surface area (Å²) in [5.74, 6) is 2.70. The van der Waals surface area contributed by atoms with Crippen LogP contribution in [-0.2, 0) is 0 Å². The van der Waals surface area contributed by atoms with E-state index in [-0.39, 0.29) is 24.0 Å². The lowest BCUT2D eigenvalue weighted by Crippen LogP contribution is -2.38. The molecule has 0 aromatic rings. The van der Waals surface area contributed by atoms with Gasteiger partial charge >= 0.3 is 0 Å². The maximum atomic E-state index is 6.16. The van der Waals surface area contributed by atoms with Crippen LogP contribution >= 0.6 is 24.0 Å². The van der Waals surface area contributed by atoms with Gasteiger partial charge in [-0.05, 0) is 31.1 Å². The predicted octanol–water partition coefficient (Wildman–Crippen LogP) is 2.98. The third kappa shape index (κ3) is 3.31. The Balaban J connectivity index is 0.00000120. The van der Waals surface area contributed by atoms with Crippen LogP contribution in [0.3, 0.4) is 0 Å². The Morgan fingerprint density at radius 3 is 2.22 bits per heavy atom. The lowest BCUT2D eigenvalue weighted by Gasteiger charge is -2.25. The zero-order chi connectivity index (χ0) is 11.7. The summed E-state index contributed by atoms with van der Waals surface area (Å²) in [6, 6.07) is 0.573. The molecule has 0 aromatic heterocycles. The van der Waals surface area contributed by atoms with E-state index in [1.165, 1.54) is 51.4 Å². The van der Waals surface area contributed by atoms with Crippen LogP contribution < -0.4 is 5.73 Å². The molecule has 1 aliphatic heterocycles. The van der Waals surface area contributed by atoms with Gasteiger partial charge in [0.15, 0.2) is 5.96 Å². The van der Waals surface area contributed by atoms with E-state index in [0.717, 1.165) is 30.9 Å². The first-order valence-corrected chi connectivity index (χ1v) is 7.43. The monoisotopic (exact) mass is 363 g/mol. The van der Waals surface area contributed by atoms with E-state index in [2.05, 4.69) is 4.90 Å². The highest BCUT2D eigenvalue weighted by molar-refractivity contribution is 14.0. The van der Waals surface area contributed by atoms with Crippen LogP contribution in [0.15, 0.2) is 4.99 Å². The van der Waals surface area contributed by atoms with Gasteiger partial charge in [0.1, 0.15) is 0 Å². The summed E-state index contributed by atoms with van der Waals surface area (Å²) in [5.41, 5.74) is 6.16. The van der Waals surface area contributed by atoms with Crippen LogP contribution in [0.4, 0.5) is 0 Å². The maximum Gasteiger partial charge on any atom is 0.191 e. The van der Waals surface area contributed by atoms with Crippen LogP contribution in [-0.4, -0.2) is 30.0 Å². The third-order valence-corrected chi connectivity index (χ3v) is 4.79. The van der Waals surface area contributed by atoms with Crippen molar-refractivity contribution in [2.24, 2.45) is 22.6 Å². The van der Waals surface area contributed by atoms with Gasteiger partial charge in [-0.3, -0.25) is 0 Å². The van der Waals surface area contributed by atoms with E-state index in [1.807, 2.05) is 0 Å². The number of aliphatic imine (C=N–C) groups is 1. The number of hydrogen-bond acceptors (Lipinski definition) is 1. The molecule has 1 heterocycles. The van der Waals surface area contributed by atoms with Crippen molar-refractivity contribution in [1.82, 2.24) is 4.90 Å². The van der Waals surface area contributed by atoms with E-state index in [9.17, 15) is 0 Å². The second kappa shape index (κ2) is 6.44. The Labute approximate surface area is 128 Å². The molecule has 3 aliphatic rings. The lowest BCUT2D eigenvalue weighted by molar-refractivity contribution is 0.273. The molecule has 0 bridgehead atoms. The molecule has 1 saturated heterocycles. The third-order valence-electron chi connectivity index (χ3n) is 4.79. The number of halogens is 1. The minimum atomic E-state index is 0. The van der Waals surface area contributed by atoms with Gasteiger partial charge in [0, 0.05) is 13.1 Å². The number of hydrogen-bond donors (Lipinski definition) is 1. The van der Waals surface area contributed by atoms with Crippen LogP contribution in [0, 0.1) is 11.8 Å². The fraction of sp³-hybridized carbons (Fsp3) is 0.929.